The molecule has 0 saturated carbocycles. The number of ether oxygens (including phenoxy) is 2. The first-order chi connectivity index (χ1) is 11.1. The van der Waals surface area contributed by atoms with Crippen LogP contribution >= 0.6 is 0 Å². The molecule has 1 aromatic rings. The fourth-order valence-corrected chi connectivity index (χ4v) is 2.39. The number of hydrogen-bond acceptors (Lipinski definition) is 4. The van der Waals surface area contributed by atoms with Crippen LogP contribution in [0.15, 0.2) is 18.2 Å². The number of halogens is 2. The lowest BCUT2D eigenvalue weighted by atomic mass is 10.2. The molecule has 0 spiro atoms. The van der Waals surface area contributed by atoms with E-state index in [9.17, 15) is 23.5 Å². The predicted molar refractivity (Wildman–Crippen MR) is 79.8 cm³/mol. The van der Waals surface area contributed by atoms with Crippen molar-refractivity contribution in [2.75, 3.05) is 6.54 Å². The van der Waals surface area contributed by atoms with E-state index < -0.39 is 41.4 Å². The summed E-state index contributed by atoms with van der Waals surface area (Å²) in [5.74, 6) is -3.76. The zero-order valence-corrected chi connectivity index (χ0v) is 13.6. The van der Waals surface area contributed by atoms with Crippen LogP contribution in [0.4, 0.5) is 13.6 Å². The van der Waals surface area contributed by atoms with Crippen molar-refractivity contribution in [3.05, 3.63) is 29.8 Å². The first-order valence-corrected chi connectivity index (χ1v) is 7.41. The minimum Gasteiger partial charge on any atom is -0.485 e. The van der Waals surface area contributed by atoms with Crippen LogP contribution in [0.2, 0.25) is 0 Å². The molecular formula is C16H19F2NO5. The average Bonchev–Trinajstić information content (AvgIpc) is 2.86. The van der Waals surface area contributed by atoms with Crippen LogP contribution in [0.5, 0.6) is 5.75 Å². The zero-order valence-electron chi connectivity index (χ0n) is 13.6. The quantitative estimate of drug-likeness (QED) is 0.913. The third-order valence-corrected chi connectivity index (χ3v) is 3.39. The third kappa shape index (κ3) is 4.12. The smallest absolute Gasteiger partial charge is 0.411 e. The Bertz CT molecular complexity index is 644. The topological polar surface area (TPSA) is 76.1 Å². The molecule has 8 heteroatoms. The molecule has 6 nitrogen and oxygen atoms in total. The fraction of sp³-hybridized carbons (Fsp3) is 0.500. The maximum Gasteiger partial charge on any atom is 0.411 e. The summed E-state index contributed by atoms with van der Waals surface area (Å²) in [6.45, 7) is 4.88. The standard InChI is InChI=1S/C16H19F2NO5/c1-16(2,3)24-15(22)19-8-9(7-11(19)14(20)21)23-12-6-4-5-10(17)13(12)18/h4-6,9,11H,7-8H2,1-3H3,(H,20,21)/t9-,11+/m1/s1. The van der Waals surface area contributed by atoms with E-state index in [0.717, 1.165) is 11.0 Å². The summed E-state index contributed by atoms with van der Waals surface area (Å²) in [5.41, 5.74) is -0.784. The van der Waals surface area contributed by atoms with Crippen molar-refractivity contribution in [1.82, 2.24) is 4.90 Å². The summed E-state index contributed by atoms with van der Waals surface area (Å²) in [4.78, 5) is 24.5. The lowest BCUT2D eigenvalue weighted by molar-refractivity contribution is -0.142. The van der Waals surface area contributed by atoms with Gasteiger partial charge in [-0.05, 0) is 32.9 Å². The molecule has 24 heavy (non-hydrogen) atoms. The van der Waals surface area contributed by atoms with Crippen LogP contribution < -0.4 is 4.74 Å². The van der Waals surface area contributed by atoms with E-state index in [4.69, 9.17) is 9.47 Å². The van der Waals surface area contributed by atoms with Crippen LogP contribution in [0, 0.1) is 11.6 Å². The van der Waals surface area contributed by atoms with Gasteiger partial charge in [-0.3, -0.25) is 4.90 Å². The highest BCUT2D eigenvalue weighted by atomic mass is 19.2. The van der Waals surface area contributed by atoms with E-state index in [0.29, 0.717) is 0 Å². The molecule has 1 aromatic carbocycles. The van der Waals surface area contributed by atoms with Gasteiger partial charge in [-0.15, -0.1) is 0 Å². The summed E-state index contributed by atoms with van der Waals surface area (Å²) in [6.07, 6.45) is -1.62. The highest BCUT2D eigenvalue weighted by Gasteiger charge is 2.42. The molecule has 1 saturated heterocycles. The molecular weight excluding hydrogens is 324 g/mol. The average molecular weight is 343 g/mol. The Labute approximate surface area is 138 Å². The number of carboxylic acids is 1. The van der Waals surface area contributed by atoms with Gasteiger partial charge < -0.3 is 14.6 Å². The number of carbonyl (C=O) groups excluding carboxylic acids is 1. The number of likely N-dealkylation sites (tertiary alicyclic amines) is 1. The Hall–Kier alpha value is -2.38. The summed E-state index contributed by atoms with van der Waals surface area (Å²) in [7, 11) is 0. The van der Waals surface area contributed by atoms with Gasteiger partial charge in [0, 0.05) is 6.42 Å². The minimum absolute atomic E-state index is 0.0511. The maximum atomic E-state index is 13.7. The van der Waals surface area contributed by atoms with E-state index in [2.05, 4.69) is 0 Å². The van der Waals surface area contributed by atoms with Gasteiger partial charge in [0.2, 0.25) is 5.82 Å². The van der Waals surface area contributed by atoms with Gasteiger partial charge >= 0.3 is 12.1 Å². The van der Waals surface area contributed by atoms with Crippen LogP contribution in [-0.4, -0.2) is 46.4 Å². The van der Waals surface area contributed by atoms with E-state index in [1.165, 1.54) is 12.1 Å². The molecule has 2 rings (SSSR count). The van der Waals surface area contributed by atoms with Gasteiger partial charge in [0.25, 0.3) is 0 Å². The Morgan fingerprint density at radius 2 is 1.96 bits per heavy atom. The Kier molecular flexibility index (Phi) is 4.96. The molecule has 0 aromatic heterocycles. The third-order valence-electron chi connectivity index (χ3n) is 3.39. The molecule has 1 heterocycles. The van der Waals surface area contributed by atoms with Crippen molar-refractivity contribution in [2.45, 2.75) is 44.9 Å². The van der Waals surface area contributed by atoms with Crippen molar-refractivity contribution in [2.24, 2.45) is 0 Å². The predicted octanol–water partition coefficient (Wildman–Crippen LogP) is 2.81. The molecule has 132 valence electrons. The molecule has 1 aliphatic heterocycles. The Morgan fingerprint density at radius 3 is 2.54 bits per heavy atom. The second-order valence-electron chi connectivity index (χ2n) is 6.51. The van der Waals surface area contributed by atoms with Gasteiger partial charge in [0.05, 0.1) is 6.54 Å². The van der Waals surface area contributed by atoms with Crippen molar-refractivity contribution in [3.8, 4) is 5.75 Å². The van der Waals surface area contributed by atoms with Crippen LogP contribution in [0.25, 0.3) is 0 Å². The second kappa shape index (κ2) is 6.62. The number of aliphatic carboxylic acids is 1. The van der Waals surface area contributed by atoms with Gasteiger partial charge in [-0.1, -0.05) is 6.07 Å². The van der Waals surface area contributed by atoms with Gasteiger partial charge in [-0.25, -0.2) is 14.0 Å². The fourth-order valence-electron chi connectivity index (χ4n) is 2.39. The number of amides is 1. The van der Waals surface area contributed by atoms with Crippen LogP contribution in [-0.2, 0) is 9.53 Å². The van der Waals surface area contributed by atoms with Crippen molar-refractivity contribution in [1.29, 1.82) is 0 Å². The largest absolute Gasteiger partial charge is 0.485 e. The molecule has 1 N–H and O–H groups in total. The van der Waals surface area contributed by atoms with Crippen LogP contribution in [0.1, 0.15) is 27.2 Å². The molecule has 0 unspecified atom stereocenters. The summed E-state index contributed by atoms with van der Waals surface area (Å²) in [5, 5.41) is 9.27. The molecule has 0 bridgehead atoms. The first kappa shape index (κ1) is 18.0. The van der Waals surface area contributed by atoms with E-state index in [1.54, 1.807) is 20.8 Å². The molecule has 1 amide bonds. The Morgan fingerprint density at radius 1 is 1.29 bits per heavy atom. The van der Waals surface area contributed by atoms with Gasteiger partial charge in [0.1, 0.15) is 17.7 Å². The van der Waals surface area contributed by atoms with Crippen LogP contribution in [0.3, 0.4) is 0 Å². The monoisotopic (exact) mass is 343 g/mol. The number of carboxylic acid groups (broad SMARTS) is 1. The van der Waals surface area contributed by atoms with Gasteiger partial charge in [0.15, 0.2) is 11.6 Å². The lowest BCUT2D eigenvalue weighted by Crippen LogP contribution is -2.43. The zero-order chi connectivity index (χ0) is 18.1. The minimum atomic E-state index is -1.22. The number of carbonyl (C=O) groups is 2. The lowest BCUT2D eigenvalue weighted by Gasteiger charge is -2.26. The number of nitrogens with zero attached hydrogens (tertiary/aromatic N) is 1. The van der Waals surface area contributed by atoms with Crippen molar-refractivity contribution >= 4 is 12.1 Å². The van der Waals surface area contributed by atoms with Crippen molar-refractivity contribution in [3.63, 3.8) is 0 Å². The molecule has 1 fully saturated rings. The van der Waals surface area contributed by atoms with E-state index in [-0.39, 0.29) is 18.7 Å². The highest BCUT2D eigenvalue weighted by Crippen LogP contribution is 2.27. The number of hydrogen-bond donors (Lipinski definition) is 1. The van der Waals surface area contributed by atoms with Crippen molar-refractivity contribution < 1.29 is 33.0 Å². The first-order valence-electron chi connectivity index (χ1n) is 7.41. The van der Waals surface area contributed by atoms with E-state index in [1.807, 2.05) is 0 Å². The maximum absolute atomic E-state index is 13.7. The van der Waals surface area contributed by atoms with Gasteiger partial charge in [-0.2, -0.15) is 4.39 Å². The molecule has 1 aliphatic rings. The molecule has 0 aliphatic carbocycles. The summed E-state index contributed by atoms with van der Waals surface area (Å²) < 4.78 is 37.4. The molecule has 2 atom stereocenters. The molecule has 0 radical (unpaired) electrons. The summed E-state index contributed by atoms with van der Waals surface area (Å²) >= 11 is 0. The highest BCUT2D eigenvalue weighted by molar-refractivity contribution is 5.81. The summed E-state index contributed by atoms with van der Waals surface area (Å²) in [6, 6.07) is 2.32. The van der Waals surface area contributed by atoms with E-state index >= 15 is 0 Å². The number of rotatable bonds is 3. The number of benzene rings is 1. The Balaban J connectivity index is 2.13. The normalized spacial score (nSPS) is 20.8. The second-order valence-corrected chi connectivity index (χ2v) is 6.51. The SMILES string of the molecule is CC(C)(C)OC(=O)N1C[C@H](Oc2cccc(F)c2F)C[C@H]1C(=O)O.